The number of hydrogen-bond donors (Lipinski definition) is 1. The average Bonchev–Trinajstić information content (AvgIpc) is 2.95. The van der Waals surface area contributed by atoms with E-state index >= 15 is 0 Å². The highest BCUT2D eigenvalue weighted by molar-refractivity contribution is 5.20. The zero-order chi connectivity index (χ0) is 17.6. The number of rotatable bonds is 6. The molecular formula is C18H25FN4O2. The standard InChI is InChI=1S/C18H25FN4O2/c1-2-18-20-17(21-25-18)13-23-9-5-8-22(10-11-23)12-16(24)14-6-3-4-7-15(14)19/h3-4,6-7,16,24H,2,5,8-13H2,1H3/t16-/m0/s1. The van der Waals surface area contributed by atoms with Crippen molar-refractivity contribution in [3.05, 3.63) is 47.4 Å². The third-order valence-corrected chi connectivity index (χ3v) is 4.55. The Morgan fingerprint density at radius 1 is 1.20 bits per heavy atom. The summed E-state index contributed by atoms with van der Waals surface area (Å²) in [5.41, 5.74) is 0.363. The van der Waals surface area contributed by atoms with Gasteiger partial charge >= 0.3 is 0 Å². The summed E-state index contributed by atoms with van der Waals surface area (Å²) in [7, 11) is 0. The molecule has 6 nitrogen and oxygen atoms in total. The van der Waals surface area contributed by atoms with E-state index < -0.39 is 6.10 Å². The van der Waals surface area contributed by atoms with Crippen LogP contribution in [-0.2, 0) is 13.0 Å². The van der Waals surface area contributed by atoms with Crippen LogP contribution >= 0.6 is 0 Å². The van der Waals surface area contributed by atoms with Crippen LogP contribution < -0.4 is 0 Å². The minimum absolute atomic E-state index is 0.352. The minimum atomic E-state index is -0.808. The first-order chi connectivity index (χ1) is 12.2. The Morgan fingerprint density at radius 2 is 1.96 bits per heavy atom. The Labute approximate surface area is 147 Å². The van der Waals surface area contributed by atoms with Gasteiger partial charge in [0.05, 0.1) is 12.6 Å². The maximum absolute atomic E-state index is 13.8. The minimum Gasteiger partial charge on any atom is -0.387 e. The van der Waals surface area contributed by atoms with Crippen molar-refractivity contribution < 1.29 is 14.0 Å². The molecule has 25 heavy (non-hydrogen) atoms. The van der Waals surface area contributed by atoms with Gasteiger partial charge in [0, 0.05) is 31.6 Å². The van der Waals surface area contributed by atoms with Gasteiger partial charge in [-0.25, -0.2) is 4.39 Å². The van der Waals surface area contributed by atoms with Crippen LogP contribution in [0.4, 0.5) is 4.39 Å². The van der Waals surface area contributed by atoms with Crippen molar-refractivity contribution in [1.29, 1.82) is 0 Å². The number of nitrogens with zero attached hydrogens (tertiary/aromatic N) is 4. The van der Waals surface area contributed by atoms with Gasteiger partial charge in [-0.2, -0.15) is 4.98 Å². The van der Waals surface area contributed by atoms with E-state index in [1.807, 2.05) is 6.92 Å². The second kappa shape index (κ2) is 8.51. The maximum atomic E-state index is 13.8. The summed E-state index contributed by atoms with van der Waals surface area (Å²) in [5.74, 6) is 1.03. The summed E-state index contributed by atoms with van der Waals surface area (Å²) >= 11 is 0. The van der Waals surface area contributed by atoms with E-state index in [0.717, 1.165) is 44.8 Å². The molecule has 0 amide bonds. The first-order valence-corrected chi connectivity index (χ1v) is 8.84. The van der Waals surface area contributed by atoms with Gasteiger partial charge in [-0.1, -0.05) is 30.3 Å². The second-order valence-electron chi connectivity index (χ2n) is 6.43. The Hall–Kier alpha value is -1.83. The lowest BCUT2D eigenvalue weighted by molar-refractivity contribution is 0.111. The molecule has 0 saturated carbocycles. The average molecular weight is 348 g/mol. The number of aliphatic hydroxyl groups is 1. The third-order valence-electron chi connectivity index (χ3n) is 4.55. The highest BCUT2D eigenvalue weighted by Crippen LogP contribution is 2.18. The highest BCUT2D eigenvalue weighted by Gasteiger charge is 2.20. The van der Waals surface area contributed by atoms with Crippen molar-refractivity contribution in [2.24, 2.45) is 0 Å². The smallest absolute Gasteiger partial charge is 0.226 e. The molecular weight excluding hydrogens is 323 g/mol. The molecule has 0 unspecified atom stereocenters. The molecule has 2 aromatic rings. The molecule has 1 aromatic carbocycles. The first-order valence-electron chi connectivity index (χ1n) is 8.84. The third kappa shape index (κ3) is 4.84. The molecule has 136 valence electrons. The predicted octanol–water partition coefficient (Wildman–Crippen LogP) is 2.01. The van der Waals surface area contributed by atoms with Crippen molar-refractivity contribution in [1.82, 2.24) is 19.9 Å². The molecule has 3 rings (SSSR count). The van der Waals surface area contributed by atoms with Crippen LogP contribution in [0.3, 0.4) is 0 Å². The van der Waals surface area contributed by atoms with Crippen molar-refractivity contribution >= 4 is 0 Å². The molecule has 1 atom stereocenters. The summed E-state index contributed by atoms with van der Waals surface area (Å²) in [6.07, 6.45) is 0.925. The van der Waals surface area contributed by atoms with Gasteiger partial charge in [0.2, 0.25) is 5.89 Å². The van der Waals surface area contributed by atoms with Gasteiger partial charge in [0.1, 0.15) is 5.82 Å². The van der Waals surface area contributed by atoms with Crippen LogP contribution in [0.15, 0.2) is 28.8 Å². The van der Waals surface area contributed by atoms with Crippen molar-refractivity contribution in [2.45, 2.75) is 32.4 Å². The molecule has 2 heterocycles. The molecule has 1 aromatic heterocycles. The Kier molecular flexibility index (Phi) is 6.12. The number of benzene rings is 1. The van der Waals surface area contributed by atoms with Gasteiger partial charge < -0.3 is 9.63 Å². The van der Waals surface area contributed by atoms with E-state index in [-0.39, 0.29) is 5.82 Å². The summed E-state index contributed by atoms with van der Waals surface area (Å²) in [6.45, 7) is 6.62. The fourth-order valence-corrected chi connectivity index (χ4v) is 3.15. The predicted molar refractivity (Wildman–Crippen MR) is 91.4 cm³/mol. The lowest BCUT2D eigenvalue weighted by Crippen LogP contribution is -2.33. The largest absolute Gasteiger partial charge is 0.387 e. The topological polar surface area (TPSA) is 65.6 Å². The van der Waals surface area contributed by atoms with E-state index in [9.17, 15) is 9.50 Å². The van der Waals surface area contributed by atoms with Gasteiger partial charge in [0.15, 0.2) is 5.82 Å². The van der Waals surface area contributed by atoms with E-state index in [4.69, 9.17) is 4.52 Å². The summed E-state index contributed by atoms with van der Waals surface area (Å²) in [6, 6.07) is 6.42. The SMILES string of the molecule is CCc1nc(CN2CCCN(C[C@H](O)c3ccccc3F)CC2)no1. The number of aryl methyl sites for hydroxylation is 1. The zero-order valence-electron chi connectivity index (χ0n) is 14.6. The second-order valence-corrected chi connectivity index (χ2v) is 6.43. The molecule has 0 radical (unpaired) electrons. The van der Waals surface area contributed by atoms with Crippen LogP contribution in [0.5, 0.6) is 0 Å². The number of aromatic nitrogens is 2. The van der Waals surface area contributed by atoms with Crippen LogP contribution in [0.1, 0.15) is 36.7 Å². The molecule has 1 aliphatic heterocycles. The van der Waals surface area contributed by atoms with Gasteiger partial charge in [-0.15, -0.1) is 0 Å². The van der Waals surface area contributed by atoms with E-state index in [2.05, 4.69) is 19.9 Å². The van der Waals surface area contributed by atoms with E-state index in [0.29, 0.717) is 24.5 Å². The van der Waals surface area contributed by atoms with Crippen LogP contribution in [-0.4, -0.2) is 57.8 Å². The zero-order valence-corrected chi connectivity index (χ0v) is 14.6. The lowest BCUT2D eigenvalue weighted by atomic mass is 10.1. The molecule has 7 heteroatoms. The first kappa shape index (κ1) is 18.0. The van der Waals surface area contributed by atoms with E-state index in [1.165, 1.54) is 6.07 Å². The fourth-order valence-electron chi connectivity index (χ4n) is 3.15. The number of β-amino-alcohol motifs (C(OH)–C–C–N with tert-alkyl or cyclic N) is 1. The Morgan fingerprint density at radius 3 is 2.72 bits per heavy atom. The van der Waals surface area contributed by atoms with Crippen molar-refractivity contribution in [2.75, 3.05) is 32.7 Å². The molecule has 0 aliphatic carbocycles. The summed E-state index contributed by atoms with van der Waals surface area (Å²) in [5, 5.41) is 14.4. The number of hydrogen-bond acceptors (Lipinski definition) is 6. The lowest BCUT2D eigenvalue weighted by Gasteiger charge is -2.24. The van der Waals surface area contributed by atoms with Gasteiger partial charge in [-0.3, -0.25) is 9.80 Å². The van der Waals surface area contributed by atoms with E-state index in [1.54, 1.807) is 18.2 Å². The Balaban J connectivity index is 1.52. The quantitative estimate of drug-likeness (QED) is 0.861. The monoisotopic (exact) mass is 348 g/mol. The van der Waals surface area contributed by atoms with Gasteiger partial charge in [-0.05, 0) is 25.6 Å². The van der Waals surface area contributed by atoms with Crippen molar-refractivity contribution in [3.8, 4) is 0 Å². The maximum Gasteiger partial charge on any atom is 0.226 e. The molecule has 1 aliphatic rings. The van der Waals surface area contributed by atoms with Crippen LogP contribution in [0.25, 0.3) is 0 Å². The fraction of sp³-hybridized carbons (Fsp3) is 0.556. The Bertz CT molecular complexity index is 679. The number of aliphatic hydroxyl groups excluding tert-OH is 1. The summed E-state index contributed by atoms with van der Waals surface area (Å²) in [4.78, 5) is 8.83. The van der Waals surface area contributed by atoms with Gasteiger partial charge in [0.25, 0.3) is 0 Å². The molecule has 0 spiro atoms. The molecule has 1 saturated heterocycles. The highest BCUT2D eigenvalue weighted by atomic mass is 19.1. The van der Waals surface area contributed by atoms with Crippen LogP contribution in [0, 0.1) is 5.82 Å². The normalized spacial score (nSPS) is 18.2. The molecule has 0 bridgehead atoms. The molecule has 1 N–H and O–H groups in total. The number of halogens is 1. The van der Waals surface area contributed by atoms with Crippen molar-refractivity contribution in [3.63, 3.8) is 0 Å². The van der Waals surface area contributed by atoms with Crippen LogP contribution in [0.2, 0.25) is 0 Å². The molecule has 1 fully saturated rings. The summed E-state index contributed by atoms with van der Waals surface area (Å²) < 4.78 is 19.0.